The van der Waals surface area contributed by atoms with E-state index in [0.29, 0.717) is 19.3 Å². The Morgan fingerprint density at radius 1 is 0.939 bits per heavy atom. The fourth-order valence-corrected chi connectivity index (χ4v) is 3.23. The maximum absolute atomic E-state index is 11.0. The average Bonchev–Trinajstić information content (AvgIpc) is 3.20. The number of aromatic amines is 1. The molecule has 0 saturated heterocycles. The molecule has 0 amide bonds. The smallest absolute Gasteiger partial charge is 0.320 e. The first-order chi connectivity index (χ1) is 15.7. The van der Waals surface area contributed by atoms with E-state index in [-0.39, 0.29) is 0 Å². The molecular formula is C24H29N3O6. The molecule has 1 aromatic heterocycles. The van der Waals surface area contributed by atoms with E-state index in [1.165, 1.54) is 6.92 Å². The van der Waals surface area contributed by atoms with Crippen molar-refractivity contribution >= 4 is 28.8 Å². The number of H-pyrrole nitrogens is 1. The molecule has 1 unspecified atom stereocenters. The SMILES string of the molecule is C[C@@H](N[C@@H](CCc1ccccc1)C(=O)O)C(=O)O.NC(Cc1c[nH]c2ccccc12)C(=O)O. The molecule has 9 heteroatoms. The molecule has 0 saturated carbocycles. The first-order valence-electron chi connectivity index (χ1n) is 10.5. The number of fused-ring (bicyclic) bond motifs is 1. The molecular weight excluding hydrogens is 426 g/mol. The van der Waals surface area contributed by atoms with Crippen LogP contribution in [0, 0.1) is 0 Å². The van der Waals surface area contributed by atoms with Crippen molar-refractivity contribution in [3.63, 3.8) is 0 Å². The summed E-state index contributed by atoms with van der Waals surface area (Å²) in [5.41, 5.74) is 8.47. The van der Waals surface area contributed by atoms with Crippen molar-refractivity contribution in [2.45, 2.75) is 44.3 Å². The number of para-hydroxylation sites is 1. The number of carbonyl (C=O) groups is 3. The van der Waals surface area contributed by atoms with Gasteiger partial charge in [-0.2, -0.15) is 0 Å². The Hall–Kier alpha value is -3.69. The minimum Gasteiger partial charge on any atom is -0.480 e. The van der Waals surface area contributed by atoms with E-state index in [9.17, 15) is 14.4 Å². The summed E-state index contributed by atoms with van der Waals surface area (Å²) in [6.45, 7) is 1.43. The van der Waals surface area contributed by atoms with Crippen LogP contribution in [0.4, 0.5) is 0 Å². The molecule has 2 aromatic carbocycles. The molecule has 0 radical (unpaired) electrons. The largest absolute Gasteiger partial charge is 0.480 e. The molecule has 1 heterocycles. The van der Waals surface area contributed by atoms with Gasteiger partial charge in [0.15, 0.2) is 0 Å². The lowest BCUT2D eigenvalue weighted by Crippen LogP contribution is -2.45. The second-order valence-corrected chi connectivity index (χ2v) is 7.65. The standard InChI is InChI=1S/C13H17NO4.C11H12N2O2/c1-9(12(15)16)14-11(13(17)18)8-7-10-5-3-2-4-6-10;12-9(11(14)15)5-7-6-13-10-4-2-1-3-8(7)10/h2-6,9,11,14H,7-8H2,1H3,(H,15,16)(H,17,18);1-4,6,9,13H,5,12H2,(H,14,15)/t9-,11+;/m1./s1. The van der Waals surface area contributed by atoms with Gasteiger partial charge in [-0.05, 0) is 37.0 Å². The van der Waals surface area contributed by atoms with E-state index in [0.717, 1.165) is 22.0 Å². The van der Waals surface area contributed by atoms with E-state index >= 15 is 0 Å². The second kappa shape index (κ2) is 12.4. The summed E-state index contributed by atoms with van der Waals surface area (Å²) in [7, 11) is 0. The van der Waals surface area contributed by atoms with Crippen LogP contribution in [-0.2, 0) is 27.2 Å². The number of aryl methyl sites for hydroxylation is 1. The normalized spacial score (nSPS) is 13.4. The molecule has 0 spiro atoms. The number of nitrogens with two attached hydrogens (primary N) is 1. The minimum absolute atomic E-state index is 0.347. The number of aliphatic carboxylic acids is 3. The molecule has 0 aliphatic carbocycles. The molecule has 33 heavy (non-hydrogen) atoms. The lowest BCUT2D eigenvalue weighted by molar-refractivity contribution is -0.142. The van der Waals surface area contributed by atoms with Gasteiger partial charge in [0, 0.05) is 23.5 Å². The third-order valence-electron chi connectivity index (χ3n) is 5.12. The van der Waals surface area contributed by atoms with Crippen LogP contribution >= 0.6 is 0 Å². The number of nitrogens with one attached hydrogen (secondary N) is 2. The molecule has 3 rings (SSSR count). The zero-order chi connectivity index (χ0) is 24.4. The lowest BCUT2D eigenvalue weighted by atomic mass is 10.0. The fraction of sp³-hybridized carbons (Fsp3) is 0.292. The van der Waals surface area contributed by atoms with Crippen LogP contribution in [0.2, 0.25) is 0 Å². The summed E-state index contributed by atoms with van der Waals surface area (Å²) in [6.07, 6.45) is 3.11. The molecule has 0 bridgehead atoms. The summed E-state index contributed by atoms with van der Waals surface area (Å²) in [5.74, 6) is -3.06. The van der Waals surface area contributed by atoms with Crippen LogP contribution in [0.25, 0.3) is 10.9 Å². The van der Waals surface area contributed by atoms with Crippen LogP contribution < -0.4 is 11.1 Å². The number of carboxylic acid groups (broad SMARTS) is 3. The summed E-state index contributed by atoms with van der Waals surface area (Å²) < 4.78 is 0. The maximum Gasteiger partial charge on any atom is 0.320 e. The molecule has 3 aromatic rings. The third kappa shape index (κ3) is 8.06. The predicted octanol–water partition coefficient (Wildman–Crippen LogP) is 2.26. The Morgan fingerprint density at radius 3 is 2.18 bits per heavy atom. The number of aromatic nitrogens is 1. The van der Waals surface area contributed by atoms with Gasteiger partial charge in [-0.15, -0.1) is 0 Å². The molecule has 3 atom stereocenters. The van der Waals surface area contributed by atoms with Gasteiger partial charge >= 0.3 is 17.9 Å². The van der Waals surface area contributed by atoms with Gasteiger partial charge in [0.2, 0.25) is 0 Å². The lowest BCUT2D eigenvalue weighted by Gasteiger charge is -2.17. The number of benzene rings is 2. The average molecular weight is 456 g/mol. The zero-order valence-corrected chi connectivity index (χ0v) is 18.3. The predicted molar refractivity (Wildman–Crippen MR) is 124 cm³/mol. The maximum atomic E-state index is 11.0. The van der Waals surface area contributed by atoms with Crippen molar-refractivity contribution in [3.05, 3.63) is 71.9 Å². The third-order valence-corrected chi connectivity index (χ3v) is 5.12. The summed E-state index contributed by atoms with van der Waals surface area (Å²) >= 11 is 0. The van der Waals surface area contributed by atoms with E-state index < -0.39 is 36.0 Å². The summed E-state index contributed by atoms with van der Waals surface area (Å²) in [5, 5.41) is 30.1. The minimum atomic E-state index is -1.05. The van der Waals surface area contributed by atoms with Crippen molar-refractivity contribution < 1.29 is 29.7 Å². The number of rotatable bonds is 10. The Bertz CT molecular complexity index is 1070. The highest BCUT2D eigenvalue weighted by molar-refractivity contribution is 5.84. The molecule has 9 nitrogen and oxygen atoms in total. The highest BCUT2D eigenvalue weighted by Crippen LogP contribution is 2.18. The van der Waals surface area contributed by atoms with Gasteiger partial charge in [-0.1, -0.05) is 48.5 Å². The first kappa shape index (κ1) is 25.6. The Kier molecular flexibility index (Phi) is 9.59. The van der Waals surface area contributed by atoms with Crippen molar-refractivity contribution in [2.75, 3.05) is 0 Å². The number of hydrogen-bond acceptors (Lipinski definition) is 5. The van der Waals surface area contributed by atoms with Crippen LogP contribution in [-0.4, -0.2) is 56.3 Å². The van der Waals surface area contributed by atoms with E-state index in [1.54, 1.807) is 0 Å². The van der Waals surface area contributed by atoms with Gasteiger partial charge in [0.05, 0.1) is 0 Å². The van der Waals surface area contributed by atoms with Crippen LogP contribution in [0.5, 0.6) is 0 Å². The molecule has 0 aliphatic heterocycles. The molecule has 176 valence electrons. The van der Waals surface area contributed by atoms with Crippen LogP contribution in [0.3, 0.4) is 0 Å². The zero-order valence-electron chi connectivity index (χ0n) is 18.3. The Balaban J connectivity index is 0.000000237. The first-order valence-corrected chi connectivity index (χ1v) is 10.5. The number of carboxylic acids is 3. The van der Waals surface area contributed by atoms with Crippen LogP contribution in [0.1, 0.15) is 24.5 Å². The fourth-order valence-electron chi connectivity index (χ4n) is 3.23. The van der Waals surface area contributed by atoms with Crippen molar-refractivity contribution in [2.24, 2.45) is 5.73 Å². The van der Waals surface area contributed by atoms with Crippen molar-refractivity contribution in [1.82, 2.24) is 10.3 Å². The van der Waals surface area contributed by atoms with Gasteiger partial charge in [-0.3, -0.25) is 19.7 Å². The quantitative estimate of drug-likeness (QED) is 0.271. The van der Waals surface area contributed by atoms with Gasteiger partial charge in [0.1, 0.15) is 18.1 Å². The molecule has 0 fully saturated rings. The summed E-state index contributed by atoms with van der Waals surface area (Å²) in [6, 6.07) is 14.7. The molecule has 7 N–H and O–H groups in total. The van der Waals surface area contributed by atoms with E-state index in [1.807, 2.05) is 60.8 Å². The van der Waals surface area contributed by atoms with Gasteiger partial charge in [0.25, 0.3) is 0 Å². The van der Waals surface area contributed by atoms with Crippen molar-refractivity contribution in [1.29, 1.82) is 0 Å². The van der Waals surface area contributed by atoms with Crippen molar-refractivity contribution in [3.8, 4) is 0 Å². The summed E-state index contributed by atoms with van der Waals surface area (Å²) in [4.78, 5) is 35.4. The topological polar surface area (TPSA) is 166 Å². The monoisotopic (exact) mass is 455 g/mol. The van der Waals surface area contributed by atoms with E-state index in [4.69, 9.17) is 21.1 Å². The van der Waals surface area contributed by atoms with Gasteiger partial charge < -0.3 is 26.0 Å². The van der Waals surface area contributed by atoms with Crippen LogP contribution in [0.15, 0.2) is 60.8 Å². The molecule has 0 aliphatic rings. The highest BCUT2D eigenvalue weighted by Gasteiger charge is 2.22. The second-order valence-electron chi connectivity index (χ2n) is 7.65. The Labute approximate surface area is 191 Å². The number of hydrogen-bond donors (Lipinski definition) is 6. The Morgan fingerprint density at radius 2 is 1.58 bits per heavy atom. The van der Waals surface area contributed by atoms with Gasteiger partial charge in [-0.25, -0.2) is 0 Å². The van der Waals surface area contributed by atoms with E-state index in [2.05, 4.69) is 10.3 Å². The highest BCUT2D eigenvalue weighted by atomic mass is 16.4.